The van der Waals surface area contributed by atoms with Gasteiger partial charge in [-0.15, -0.1) is 0 Å². The average Bonchev–Trinajstić information content (AvgIpc) is 3.57. The molecule has 2 heterocycles. The lowest BCUT2D eigenvalue weighted by molar-refractivity contribution is -0.153. The molecule has 0 aromatic carbocycles. The van der Waals surface area contributed by atoms with Crippen LogP contribution in [0.2, 0.25) is 0 Å². The number of carbonyl (C=O) groups is 3. The SMILES string of the molecule is CCC(CC)COC(=O)C[C@H](N[PH](=O)OCC1(COC(=O)C(C)C)C/C1=C/n1cnc2c(=O)[nH]c(N)nc21)C(=O)OCC(CC)CC. The predicted molar refractivity (Wildman–Crippen MR) is 176 cm³/mol. The van der Waals surface area contributed by atoms with Crippen molar-refractivity contribution in [2.75, 3.05) is 32.2 Å². The molecule has 2 aromatic rings. The van der Waals surface area contributed by atoms with Gasteiger partial charge in [-0.05, 0) is 23.8 Å². The number of H-pyrrole nitrogens is 1. The fourth-order valence-electron chi connectivity index (χ4n) is 4.78. The second-order valence-corrected chi connectivity index (χ2v) is 13.5. The van der Waals surface area contributed by atoms with Gasteiger partial charge in [0.2, 0.25) is 5.95 Å². The Balaban J connectivity index is 1.75. The standard InChI is InChI=1S/C31H49N6O9P/c1-7-20(8-2)14-43-24(38)11-23(29(41)44-15-21(9-3)10-4)36-47(42)46-17-31(16-45-28(40)19(5)6)12-22(31)13-37-18-33-25-26(37)34-30(32)35-27(25)39/h13,18-21,23,47H,7-12,14-17H2,1-6H3,(H,36,42)(H3,32,34,35,39)/b22-13-/t23-,31?/m0/s1. The van der Waals surface area contributed by atoms with Crippen molar-refractivity contribution in [2.24, 2.45) is 23.2 Å². The number of fused-ring (bicyclic) bond motifs is 1. The summed E-state index contributed by atoms with van der Waals surface area (Å²) in [6, 6.07) is -1.25. The van der Waals surface area contributed by atoms with Gasteiger partial charge in [-0.2, -0.15) is 4.98 Å². The summed E-state index contributed by atoms with van der Waals surface area (Å²) >= 11 is 0. The molecular formula is C31H49N6O9P. The van der Waals surface area contributed by atoms with Crippen molar-refractivity contribution in [3.05, 3.63) is 22.3 Å². The Hall–Kier alpha value is -3.55. The van der Waals surface area contributed by atoms with Gasteiger partial charge in [0.15, 0.2) is 11.2 Å². The summed E-state index contributed by atoms with van der Waals surface area (Å²) in [7, 11) is -3.11. The van der Waals surface area contributed by atoms with Crippen LogP contribution in [0.1, 0.15) is 80.1 Å². The third-order valence-corrected chi connectivity index (χ3v) is 9.46. The summed E-state index contributed by atoms with van der Waals surface area (Å²) in [4.78, 5) is 60.9. The van der Waals surface area contributed by atoms with Crippen LogP contribution in [0.15, 0.2) is 16.7 Å². The molecule has 1 fully saturated rings. The molecule has 2 aromatic heterocycles. The Morgan fingerprint density at radius 2 is 1.68 bits per heavy atom. The van der Waals surface area contributed by atoms with Crippen molar-refractivity contribution >= 4 is 49.4 Å². The van der Waals surface area contributed by atoms with Crippen LogP contribution in [-0.4, -0.2) is 69.9 Å². The van der Waals surface area contributed by atoms with E-state index in [1.807, 2.05) is 27.7 Å². The quantitative estimate of drug-likeness (QED) is 0.103. The van der Waals surface area contributed by atoms with Gasteiger partial charge in [0.1, 0.15) is 19.0 Å². The van der Waals surface area contributed by atoms with Crippen LogP contribution in [0.3, 0.4) is 0 Å². The lowest BCUT2D eigenvalue weighted by atomic mass is 10.1. The number of nitrogens with two attached hydrogens (primary N) is 1. The van der Waals surface area contributed by atoms with Crippen molar-refractivity contribution in [1.82, 2.24) is 24.6 Å². The van der Waals surface area contributed by atoms with E-state index in [-0.39, 0.29) is 67.7 Å². The van der Waals surface area contributed by atoms with E-state index in [1.165, 1.54) is 10.9 Å². The zero-order valence-corrected chi connectivity index (χ0v) is 29.1. The van der Waals surface area contributed by atoms with E-state index in [0.717, 1.165) is 31.3 Å². The van der Waals surface area contributed by atoms with Crippen LogP contribution in [0.25, 0.3) is 17.4 Å². The molecule has 15 nitrogen and oxygen atoms in total. The highest BCUT2D eigenvalue weighted by atomic mass is 31.1. The first-order valence-electron chi connectivity index (χ1n) is 16.2. The Labute approximate surface area is 275 Å². The number of nitrogen functional groups attached to an aromatic ring is 1. The molecule has 2 unspecified atom stereocenters. The smallest absolute Gasteiger partial charge is 0.324 e. The normalized spacial score (nSPS) is 18.2. The molecule has 47 heavy (non-hydrogen) atoms. The number of esters is 3. The molecule has 1 aliphatic carbocycles. The van der Waals surface area contributed by atoms with Gasteiger partial charge in [-0.1, -0.05) is 67.2 Å². The van der Waals surface area contributed by atoms with Gasteiger partial charge in [0, 0.05) is 6.20 Å². The molecule has 16 heteroatoms. The fourth-order valence-corrected chi connectivity index (χ4v) is 5.78. The first-order chi connectivity index (χ1) is 22.4. The first-order valence-corrected chi connectivity index (χ1v) is 17.5. The number of rotatable bonds is 20. The Morgan fingerprint density at radius 1 is 1.04 bits per heavy atom. The van der Waals surface area contributed by atoms with E-state index in [0.29, 0.717) is 6.42 Å². The van der Waals surface area contributed by atoms with Crippen LogP contribution in [0, 0.1) is 23.2 Å². The number of anilines is 1. The lowest BCUT2D eigenvalue weighted by Crippen LogP contribution is -2.38. The minimum Gasteiger partial charge on any atom is -0.465 e. The van der Waals surface area contributed by atoms with Gasteiger partial charge in [-0.3, -0.25) is 33.3 Å². The zero-order valence-electron chi connectivity index (χ0n) is 28.1. The summed E-state index contributed by atoms with van der Waals surface area (Å²) in [5.41, 5.74) is 5.49. The number of hydrogen-bond acceptors (Lipinski definition) is 12. The number of aromatic nitrogens is 4. The van der Waals surface area contributed by atoms with Crippen molar-refractivity contribution < 1.29 is 37.7 Å². The topological polar surface area (TPSA) is 207 Å². The molecule has 1 saturated carbocycles. The summed E-state index contributed by atoms with van der Waals surface area (Å²) in [5.74, 6) is -1.84. The summed E-state index contributed by atoms with van der Waals surface area (Å²) in [6.45, 7) is 11.6. The van der Waals surface area contributed by atoms with E-state index in [9.17, 15) is 23.7 Å². The second kappa shape index (κ2) is 17.6. The van der Waals surface area contributed by atoms with E-state index in [2.05, 4.69) is 20.0 Å². The molecule has 0 spiro atoms. The molecule has 3 atom stereocenters. The van der Waals surface area contributed by atoms with E-state index >= 15 is 0 Å². The molecule has 0 bridgehead atoms. The van der Waals surface area contributed by atoms with E-state index < -0.39 is 43.1 Å². The Kier molecular flexibility index (Phi) is 14.2. The monoisotopic (exact) mass is 680 g/mol. The van der Waals surface area contributed by atoms with Crippen LogP contribution in [-0.2, 0) is 37.7 Å². The van der Waals surface area contributed by atoms with Gasteiger partial charge in [0.05, 0.1) is 37.6 Å². The highest BCUT2D eigenvalue weighted by Gasteiger charge is 2.51. The Bertz CT molecular complexity index is 1500. The van der Waals surface area contributed by atoms with Crippen LogP contribution in [0.5, 0.6) is 0 Å². The predicted octanol–water partition coefficient (Wildman–Crippen LogP) is 3.85. The first kappa shape index (κ1) is 37.9. The number of nitrogens with zero attached hydrogens (tertiary/aromatic N) is 3. The highest BCUT2D eigenvalue weighted by Crippen LogP contribution is 2.54. The third kappa shape index (κ3) is 10.7. The van der Waals surface area contributed by atoms with Crippen molar-refractivity contribution in [3.63, 3.8) is 0 Å². The maximum absolute atomic E-state index is 13.2. The van der Waals surface area contributed by atoms with Gasteiger partial charge >= 0.3 is 17.9 Å². The molecule has 0 amide bonds. The maximum atomic E-state index is 13.2. The molecule has 0 aliphatic heterocycles. The third-order valence-electron chi connectivity index (χ3n) is 8.47. The fraction of sp³-hybridized carbons (Fsp3) is 0.677. The van der Waals surface area contributed by atoms with Crippen LogP contribution < -0.4 is 16.4 Å². The van der Waals surface area contributed by atoms with Crippen molar-refractivity contribution in [2.45, 2.75) is 86.1 Å². The summed E-state index contributed by atoms with van der Waals surface area (Å²) in [6.07, 6.45) is 6.44. The number of imidazole rings is 1. The van der Waals surface area contributed by atoms with E-state index in [4.69, 9.17) is 24.5 Å². The average molecular weight is 681 g/mol. The number of aromatic amines is 1. The summed E-state index contributed by atoms with van der Waals surface area (Å²) < 4.78 is 36.9. The highest BCUT2D eigenvalue weighted by molar-refractivity contribution is 7.36. The largest absolute Gasteiger partial charge is 0.465 e. The zero-order chi connectivity index (χ0) is 34.7. The van der Waals surface area contributed by atoms with E-state index in [1.54, 1.807) is 20.0 Å². The van der Waals surface area contributed by atoms with Crippen LogP contribution in [0.4, 0.5) is 5.95 Å². The lowest BCUT2D eigenvalue weighted by Gasteiger charge is -2.21. The molecular weight excluding hydrogens is 631 g/mol. The second-order valence-electron chi connectivity index (χ2n) is 12.3. The maximum Gasteiger partial charge on any atom is 0.324 e. The van der Waals surface area contributed by atoms with Gasteiger partial charge < -0.3 is 24.5 Å². The number of carbonyl (C=O) groups excluding carboxylic acids is 3. The molecule has 1 aliphatic rings. The summed E-state index contributed by atoms with van der Waals surface area (Å²) in [5, 5.41) is 2.65. The Morgan fingerprint density at radius 3 is 2.30 bits per heavy atom. The molecule has 0 radical (unpaired) electrons. The van der Waals surface area contributed by atoms with Crippen molar-refractivity contribution in [1.29, 1.82) is 0 Å². The van der Waals surface area contributed by atoms with Gasteiger partial charge in [-0.25, -0.2) is 10.1 Å². The number of nitrogens with one attached hydrogen (secondary N) is 2. The number of hydrogen-bond donors (Lipinski definition) is 3. The minimum absolute atomic E-state index is 0.0585. The van der Waals surface area contributed by atoms with Crippen LogP contribution >= 0.6 is 8.18 Å². The molecule has 3 rings (SSSR count). The number of ether oxygens (including phenoxy) is 3. The molecule has 4 N–H and O–H groups in total. The molecule has 262 valence electrons. The van der Waals surface area contributed by atoms with Crippen molar-refractivity contribution in [3.8, 4) is 0 Å². The minimum atomic E-state index is -3.11. The molecule has 0 saturated heterocycles. The van der Waals surface area contributed by atoms with Gasteiger partial charge in [0.25, 0.3) is 13.7 Å².